The average molecular weight is 449 g/mol. The standard InChI is InChI=1S/C22H15N3O8/c26-20(14-3-9-18(10-4-14)24(29)30)13-33-22(28)16-1-7-17(8-2-16)23-21(27)15-5-11-19(12-6-15)25(31)32/h1-12H,13H2,(H,23,27). The number of rotatable bonds is 8. The third-order valence-corrected chi connectivity index (χ3v) is 4.45. The molecule has 0 radical (unpaired) electrons. The van der Waals surface area contributed by atoms with Crippen LogP contribution >= 0.6 is 0 Å². The minimum absolute atomic E-state index is 0.138. The van der Waals surface area contributed by atoms with Gasteiger partial charge in [0, 0.05) is 41.1 Å². The normalized spacial score (nSPS) is 10.2. The van der Waals surface area contributed by atoms with E-state index in [2.05, 4.69) is 5.32 Å². The molecule has 0 unspecified atom stereocenters. The second kappa shape index (κ2) is 9.92. The van der Waals surface area contributed by atoms with E-state index in [-0.39, 0.29) is 28.1 Å². The molecule has 0 fully saturated rings. The van der Waals surface area contributed by atoms with Crippen LogP contribution in [-0.2, 0) is 4.74 Å². The number of nitro groups is 2. The van der Waals surface area contributed by atoms with Crippen molar-refractivity contribution in [3.63, 3.8) is 0 Å². The summed E-state index contributed by atoms with van der Waals surface area (Å²) in [5.41, 5.74) is 0.592. The number of amides is 1. The van der Waals surface area contributed by atoms with Crippen molar-refractivity contribution >= 4 is 34.7 Å². The first-order valence-electron chi connectivity index (χ1n) is 9.35. The fourth-order valence-electron chi connectivity index (χ4n) is 2.69. The van der Waals surface area contributed by atoms with Gasteiger partial charge < -0.3 is 10.1 Å². The summed E-state index contributed by atoms with van der Waals surface area (Å²) in [6, 6.07) is 15.7. The summed E-state index contributed by atoms with van der Waals surface area (Å²) in [5, 5.41) is 23.9. The van der Waals surface area contributed by atoms with E-state index in [9.17, 15) is 34.6 Å². The van der Waals surface area contributed by atoms with Crippen molar-refractivity contribution in [2.24, 2.45) is 0 Å². The Morgan fingerprint density at radius 2 is 1.15 bits per heavy atom. The molecule has 0 atom stereocenters. The van der Waals surface area contributed by atoms with Crippen molar-refractivity contribution in [3.05, 3.63) is 110 Å². The number of Topliss-reactive ketones (excluding diaryl/α,β-unsaturated/α-hetero) is 1. The highest BCUT2D eigenvalue weighted by Crippen LogP contribution is 2.16. The molecule has 3 rings (SSSR count). The lowest BCUT2D eigenvalue weighted by Gasteiger charge is -2.07. The second-order valence-electron chi connectivity index (χ2n) is 6.64. The summed E-state index contributed by atoms with van der Waals surface area (Å²) in [5.74, 6) is -1.78. The van der Waals surface area contributed by atoms with Crippen LogP contribution in [-0.4, -0.2) is 34.1 Å². The van der Waals surface area contributed by atoms with Crippen molar-refractivity contribution in [1.82, 2.24) is 0 Å². The molecule has 0 saturated carbocycles. The molecule has 1 amide bonds. The summed E-state index contributed by atoms with van der Waals surface area (Å²) in [7, 11) is 0. The van der Waals surface area contributed by atoms with Gasteiger partial charge in [0.1, 0.15) is 0 Å². The van der Waals surface area contributed by atoms with Gasteiger partial charge in [-0.05, 0) is 48.5 Å². The number of nitro benzene ring substituents is 2. The number of ketones is 1. The SMILES string of the molecule is O=C(COC(=O)c1ccc(NC(=O)c2ccc([N+](=O)[O-])cc2)cc1)c1ccc([N+](=O)[O-])cc1. The molecule has 1 N–H and O–H groups in total. The van der Waals surface area contributed by atoms with Crippen LogP contribution in [0.2, 0.25) is 0 Å². The maximum Gasteiger partial charge on any atom is 0.338 e. The minimum Gasteiger partial charge on any atom is -0.454 e. The zero-order chi connectivity index (χ0) is 24.0. The number of benzene rings is 3. The predicted molar refractivity (Wildman–Crippen MR) is 115 cm³/mol. The van der Waals surface area contributed by atoms with Gasteiger partial charge in [-0.1, -0.05) is 0 Å². The van der Waals surface area contributed by atoms with Crippen molar-refractivity contribution in [2.75, 3.05) is 11.9 Å². The van der Waals surface area contributed by atoms with E-state index in [4.69, 9.17) is 4.74 Å². The molecule has 0 aliphatic carbocycles. The number of hydrogen-bond donors (Lipinski definition) is 1. The number of ether oxygens (including phenoxy) is 1. The van der Waals surface area contributed by atoms with Gasteiger partial charge >= 0.3 is 5.97 Å². The molecule has 0 saturated heterocycles. The molecule has 11 heteroatoms. The van der Waals surface area contributed by atoms with Crippen molar-refractivity contribution in [2.45, 2.75) is 0 Å². The fourth-order valence-corrected chi connectivity index (χ4v) is 2.69. The maximum absolute atomic E-state index is 12.2. The lowest BCUT2D eigenvalue weighted by Crippen LogP contribution is -2.15. The van der Waals surface area contributed by atoms with Crippen LogP contribution in [0.4, 0.5) is 17.1 Å². The van der Waals surface area contributed by atoms with E-state index >= 15 is 0 Å². The molecular formula is C22H15N3O8. The van der Waals surface area contributed by atoms with Crippen LogP contribution in [0.5, 0.6) is 0 Å². The van der Waals surface area contributed by atoms with Crippen LogP contribution in [0.15, 0.2) is 72.8 Å². The largest absolute Gasteiger partial charge is 0.454 e. The second-order valence-corrected chi connectivity index (χ2v) is 6.64. The highest BCUT2D eigenvalue weighted by molar-refractivity contribution is 6.04. The van der Waals surface area contributed by atoms with Gasteiger partial charge in [0.15, 0.2) is 12.4 Å². The topological polar surface area (TPSA) is 159 Å². The molecule has 0 spiro atoms. The number of carbonyl (C=O) groups is 3. The zero-order valence-corrected chi connectivity index (χ0v) is 16.8. The quantitative estimate of drug-likeness (QED) is 0.235. The zero-order valence-electron chi connectivity index (χ0n) is 16.8. The molecule has 0 heterocycles. The molecule has 11 nitrogen and oxygen atoms in total. The number of nitrogens with zero attached hydrogens (tertiary/aromatic N) is 2. The molecule has 0 aromatic heterocycles. The van der Waals surface area contributed by atoms with Gasteiger partial charge in [0.05, 0.1) is 15.4 Å². The third-order valence-electron chi connectivity index (χ3n) is 4.45. The Balaban J connectivity index is 1.55. The fraction of sp³-hybridized carbons (Fsp3) is 0.0455. The Morgan fingerprint density at radius 1 is 0.697 bits per heavy atom. The molecular weight excluding hydrogens is 434 g/mol. The Hall–Kier alpha value is -4.93. The van der Waals surface area contributed by atoms with Gasteiger partial charge in [-0.3, -0.25) is 29.8 Å². The van der Waals surface area contributed by atoms with E-state index in [1.54, 1.807) is 0 Å². The van der Waals surface area contributed by atoms with Crippen LogP contribution < -0.4 is 5.32 Å². The highest BCUT2D eigenvalue weighted by Gasteiger charge is 2.14. The molecule has 3 aromatic rings. The number of nitrogens with one attached hydrogen (secondary N) is 1. The molecule has 0 aliphatic heterocycles. The minimum atomic E-state index is -0.765. The van der Waals surface area contributed by atoms with Crippen molar-refractivity contribution in [3.8, 4) is 0 Å². The number of non-ortho nitro benzene ring substituents is 2. The Bertz CT molecular complexity index is 1220. The highest BCUT2D eigenvalue weighted by atomic mass is 16.6. The summed E-state index contributed by atoms with van der Waals surface area (Å²) in [4.78, 5) is 56.7. The Kier molecular flexibility index (Phi) is 6.84. The average Bonchev–Trinajstić information content (AvgIpc) is 2.82. The van der Waals surface area contributed by atoms with Crippen LogP contribution in [0.1, 0.15) is 31.1 Å². The predicted octanol–water partition coefficient (Wildman–Crippen LogP) is 3.80. The van der Waals surface area contributed by atoms with Crippen molar-refractivity contribution in [1.29, 1.82) is 0 Å². The molecule has 3 aromatic carbocycles. The van der Waals surface area contributed by atoms with Crippen LogP contribution in [0.25, 0.3) is 0 Å². The summed E-state index contributed by atoms with van der Waals surface area (Å²) in [6.45, 7) is -0.546. The first-order valence-corrected chi connectivity index (χ1v) is 9.35. The van der Waals surface area contributed by atoms with Gasteiger partial charge in [0.25, 0.3) is 17.3 Å². The maximum atomic E-state index is 12.2. The molecule has 33 heavy (non-hydrogen) atoms. The summed E-state index contributed by atoms with van der Waals surface area (Å²) in [6.07, 6.45) is 0. The Morgan fingerprint density at radius 3 is 1.64 bits per heavy atom. The third kappa shape index (κ3) is 5.82. The van der Waals surface area contributed by atoms with Crippen LogP contribution in [0, 0.1) is 20.2 Å². The number of hydrogen-bond acceptors (Lipinski definition) is 8. The first-order chi connectivity index (χ1) is 15.7. The lowest BCUT2D eigenvalue weighted by molar-refractivity contribution is -0.385. The monoisotopic (exact) mass is 449 g/mol. The van der Waals surface area contributed by atoms with Gasteiger partial charge in [-0.15, -0.1) is 0 Å². The lowest BCUT2D eigenvalue weighted by atomic mass is 10.1. The number of esters is 1. The first kappa shape index (κ1) is 22.7. The van der Waals surface area contributed by atoms with Crippen molar-refractivity contribution < 1.29 is 29.0 Å². The summed E-state index contributed by atoms with van der Waals surface area (Å²) >= 11 is 0. The van der Waals surface area contributed by atoms with Crippen LogP contribution in [0.3, 0.4) is 0 Å². The van der Waals surface area contributed by atoms with Gasteiger partial charge in [-0.25, -0.2) is 4.79 Å². The summed E-state index contributed by atoms with van der Waals surface area (Å²) < 4.78 is 4.98. The molecule has 0 aliphatic rings. The van der Waals surface area contributed by atoms with Gasteiger partial charge in [0.2, 0.25) is 0 Å². The van der Waals surface area contributed by atoms with E-state index < -0.39 is 34.1 Å². The molecule has 166 valence electrons. The number of carbonyl (C=O) groups excluding carboxylic acids is 3. The van der Waals surface area contributed by atoms with Gasteiger partial charge in [-0.2, -0.15) is 0 Å². The number of anilines is 1. The molecule has 0 bridgehead atoms. The van der Waals surface area contributed by atoms with E-state index in [1.807, 2.05) is 0 Å². The smallest absolute Gasteiger partial charge is 0.338 e. The van der Waals surface area contributed by atoms with E-state index in [1.165, 1.54) is 72.8 Å². The van der Waals surface area contributed by atoms with E-state index in [0.29, 0.717) is 5.69 Å². The Labute approximate surface area is 185 Å². The van der Waals surface area contributed by atoms with E-state index in [0.717, 1.165) is 0 Å².